The number of rotatable bonds is 3. The van der Waals surface area contributed by atoms with Crippen LogP contribution in [-0.2, 0) is 0 Å². The van der Waals surface area contributed by atoms with Crippen LogP contribution < -0.4 is 5.32 Å². The van der Waals surface area contributed by atoms with Crippen LogP contribution in [-0.4, -0.2) is 21.0 Å². The molecule has 1 aliphatic carbocycles. The molecule has 124 valence electrons. The van der Waals surface area contributed by atoms with Crippen LogP contribution in [0.5, 0.6) is 0 Å². The molecule has 24 heavy (non-hydrogen) atoms. The van der Waals surface area contributed by atoms with Crippen molar-refractivity contribution in [2.45, 2.75) is 38.6 Å². The average Bonchev–Trinajstić information content (AvgIpc) is 3.01. The minimum atomic E-state index is 0.450. The fourth-order valence-electron chi connectivity index (χ4n) is 3.64. The number of anilines is 1. The highest BCUT2D eigenvalue weighted by Crippen LogP contribution is 2.33. The molecule has 3 aromatic rings. The van der Waals surface area contributed by atoms with E-state index in [2.05, 4.69) is 34.3 Å². The summed E-state index contributed by atoms with van der Waals surface area (Å²) in [7, 11) is 0. The zero-order valence-electron chi connectivity index (χ0n) is 13.7. The maximum Gasteiger partial charge on any atom is 0.223 e. The Labute approximate surface area is 146 Å². The molecule has 1 aliphatic rings. The number of nitrogens with one attached hydrogen (secondary N) is 2. The van der Waals surface area contributed by atoms with Gasteiger partial charge in [0.2, 0.25) is 5.95 Å². The Kier molecular flexibility index (Phi) is 4.15. The van der Waals surface area contributed by atoms with Crippen molar-refractivity contribution >= 4 is 28.5 Å². The van der Waals surface area contributed by atoms with Crippen LogP contribution in [0.1, 0.15) is 32.6 Å². The molecule has 5 heteroatoms. The monoisotopic (exact) mass is 340 g/mol. The SMILES string of the molecule is CC1CCCC(Nc2ncc(Cl)c(-c3c[nH]c4ccccc34)n2)C1. The summed E-state index contributed by atoms with van der Waals surface area (Å²) in [5, 5.41) is 5.19. The topological polar surface area (TPSA) is 53.6 Å². The van der Waals surface area contributed by atoms with Gasteiger partial charge in [-0.05, 0) is 24.8 Å². The zero-order valence-corrected chi connectivity index (χ0v) is 14.5. The van der Waals surface area contributed by atoms with Crippen molar-refractivity contribution in [1.82, 2.24) is 15.0 Å². The second-order valence-electron chi connectivity index (χ2n) is 6.75. The molecule has 0 bridgehead atoms. The summed E-state index contributed by atoms with van der Waals surface area (Å²) in [6.45, 7) is 2.31. The van der Waals surface area contributed by atoms with Gasteiger partial charge in [0.1, 0.15) is 0 Å². The van der Waals surface area contributed by atoms with Gasteiger partial charge in [-0.25, -0.2) is 9.97 Å². The summed E-state index contributed by atoms with van der Waals surface area (Å²) < 4.78 is 0. The Balaban J connectivity index is 1.66. The van der Waals surface area contributed by atoms with Crippen molar-refractivity contribution < 1.29 is 0 Å². The van der Waals surface area contributed by atoms with E-state index in [0.29, 0.717) is 17.0 Å². The number of aromatic nitrogens is 3. The number of H-pyrrole nitrogens is 1. The van der Waals surface area contributed by atoms with Gasteiger partial charge in [0.05, 0.1) is 16.9 Å². The quantitative estimate of drug-likeness (QED) is 0.683. The largest absolute Gasteiger partial charge is 0.360 e. The smallest absolute Gasteiger partial charge is 0.223 e. The summed E-state index contributed by atoms with van der Waals surface area (Å²) in [6.07, 6.45) is 8.60. The van der Waals surface area contributed by atoms with Crippen LogP contribution in [0.25, 0.3) is 22.2 Å². The Morgan fingerprint density at radius 2 is 2.12 bits per heavy atom. The first-order valence-electron chi connectivity index (χ1n) is 8.56. The van der Waals surface area contributed by atoms with Gasteiger partial charge >= 0.3 is 0 Å². The Morgan fingerprint density at radius 3 is 3.00 bits per heavy atom. The van der Waals surface area contributed by atoms with Gasteiger partial charge in [-0.3, -0.25) is 0 Å². The molecule has 2 heterocycles. The molecular formula is C19H21ClN4. The first kappa shape index (κ1) is 15.5. The van der Waals surface area contributed by atoms with E-state index in [0.717, 1.165) is 28.1 Å². The second-order valence-corrected chi connectivity index (χ2v) is 7.16. The summed E-state index contributed by atoms with van der Waals surface area (Å²) in [5.41, 5.74) is 2.87. The zero-order chi connectivity index (χ0) is 16.5. The van der Waals surface area contributed by atoms with E-state index in [4.69, 9.17) is 16.6 Å². The predicted molar refractivity (Wildman–Crippen MR) is 99.4 cm³/mol. The molecule has 4 nitrogen and oxygen atoms in total. The summed E-state index contributed by atoms with van der Waals surface area (Å²) >= 11 is 6.39. The van der Waals surface area contributed by atoms with E-state index in [-0.39, 0.29) is 0 Å². The van der Waals surface area contributed by atoms with Crippen LogP contribution in [0, 0.1) is 5.92 Å². The van der Waals surface area contributed by atoms with E-state index >= 15 is 0 Å². The minimum Gasteiger partial charge on any atom is -0.360 e. The maximum absolute atomic E-state index is 6.39. The van der Waals surface area contributed by atoms with Gasteiger partial charge in [0.25, 0.3) is 0 Å². The molecule has 4 rings (SSSR count). The lowest BCUT2D eigenvalue weighted by Gasteiger charge is -2.27. The fraction of sp³-hybridized carbons (Fsp3) is 0.368. The first-order chi connectivity index (χ1) is 11.7. The average molecular weight is 341 g/mol. The Bertz CT molecular complexity index is 857. The summed E-state index contributed by atoms with van der Waals surface area (Å²) in [5.74, 6) is 1.43. The van der Waals surface area contributed by atoms with Gasteiger partial charge < -0.3 is 10.3 Å². The number of benzene rings is 1. The predicted octanol–water partition coefficient (Wildman–Crippen LogP) is 5.27. The van der Waals surface area contributed by atoms with E-state index in [9.17, 15) is 0 Å². The van der Waals surface area contributed by atoms with Crippen LogP contribution in [0.15, 0.2) is 36.7 Å². The fourth-order valence-corrected chi connectivity index (χ4v) is 3.83. The van der Waals surface area contributed by atoms with Crippen molar-refractivity contribution in [3.8, 4) is 11.3 Å². The highest BCUT2D eigenvalue weighted by atomic mass is 35.5. The van der Waals surface area contributed by atoms with Crippen molar-refractivity contribution in [3.63, 3.8) is 0 Å². The maximum atomic E-state index is 6.39. The van der Waals surface area contributed by atoms with Gasteiger partial charge in [-0.2, -0.15) is 0 Å². The lowest BCUT2D eigenvalue weighted by molar-refractivity contribution is 0.357. The third-order valence-electron chi connectivity index (χ3n) is 4.86. The first-order valence-corrected chi connectivity index (χ1v) is 8.94. The third kappa shape index (κ3) is 2.98. The molecule has 0 spiro atoms. The number of fused-ring (bicyclic) bond motifs is 1. The highest BCUT2D eigenvalue weighted by molar-refractivity contribution is 6.33. The molecule has 0 amide bonds. The van der Waals surface area contributed by atoms with E-state index in [1.165, 1.54) is 25.7 Å². The lowest BCUT2D eigenvalue weighted by Crippen LogP contribution is -2.27. The molecule has 0 radical (unpaired) electrons. The molecule has 2 atom stereocenters. The number of hydrogen-bond acceptors (Lipinski definition) is 3. The summed E-state index contributed by atoms with van der Waals surface area (Å²) in [4.78, 5) is 12.4. The van der Waals surface area contributed by atoms with Crippen LogP contribution in [0.3, 0.4) is 0 Å². The normalized spacial score (nSPS) is 21.1. The van der Waals surface area contributed by atoms with Crippen molar-refractivity contribution in [2.24, 2.45) is 5.92 Å². The van der Waals surface area contributed by atoms with Gasteiger partial charge in [-0.1, -0.05) is 49.6 Å². The Hall–Kier alpha value is -2.07. The van der Waals surface area contributed by atoms with Gasteiger partial charge in [0.15, 0.2) is 0 Å². The van der Waals surface area contributed by atoms with E-state index in [1.807, 2.05) is 18.3 Å². The highest BCUT2D eigenvalue weighted by Gasteiger charge is 2.20. The number of nitrogens with zero attached hydrogens (tertiary/aromatic N) is 2. The molecule has 1 fully saturated rings. The lowest BCUT2D eigenvalue weighted by atomic mass is 9.87. The van der Waals surface area contributed by atoms with Crippen molar-refractivity contribution in [2.75, 3.05) is 5.32 Å². The standard InChI is InChI=1S/C19H21ClN4/c1-12-5-4-6-13(9-12)23-19-22-11-16(20)18(24-19)15-10-21-17-8-3-2-7-14(15)17/h2-3,7-8,10-13,21H,4-6,9H2,1H3,(H,22,23,24). The molecule has 1 saturated carbocycles. The molecule has 2 N–H and O–H groups in total. The van der Waals surface area contributed by atoms with Gasteiger partial charge in [-0.15, -0.1) is 0 Å². The number of hydrogen-bond donors (Lipinski definition) is 2. The third-order valence-corrected chi connectivity index (χ3v) is 5.13. The second kappa shape index (κ2) is 6.44. The van der Waals surface area contributed by atoms with Crippen LogP contribution in [0.2, 0.25) is 5.02 Å². The molecule has 0 saturated heterocycles. The molecule has 2 aromatic heterocycles. The van der Waals surface area contributed by atoms with Crippen molar-refractivity contribution in [1.29, 1.82) is 0 Å². The summed E-state index contributed by atoms with van der Waals surface area (Å²) in [6, 6.07) is 8.62. The van der Waals surface area contributed by atoms with Gasteiger partial charge in [0, 0.05) is 28.7 Å². The van der Waals surface area contributed by atoms with E-state index in [1.54, 1.807) is 6.20 Å². The Morgan fingerprint density at radius 1 is 1.25 bits per heavy atom. The number of aromatic amines is 1. The molecule has 1 aromatic carbocycles. The molecular weight excluding hydrogens is 320 g/mol. The van der Waals surface area contributed by atoms with E-state index < -0.39 is 0 Å². The van der Waals surface area contributed by atoms with Crippen molar-refractivity contribution in [3.05, 3.63) is 41.7 Å². The number of para-hydroxylation sites is 1. The molecule has 0 aliphatic heterocycles. The minimum absolute atomic E-state index is 0.450. The molecule has 2 unspecified atom stereocenters. The van der Waals surface area contributed by atoms with Crippen LogP contribution >= 0.6 is 11.6 Å². The number of halogens is 1. The van der Waals surface area contributed by atoms with Crippen LogP contribution in [0.4, 0.5) is 5.95 Å².